The van der Waals surface area contributed by atoms with Gasteiger partial charge in [0.25, 0.3) is 5.91 Å². The predicted octanol–water partition coefficient (Wildman–Crippen LogP) is 1.02. The van der Waals surface area contributed by atoms with Crippen LogP contribution in [0, 0.1) is 23.7 Å². The molecular formula is C20H31N5O2. The van der Waals surface area contributed by atoms with Crippen molar-refractivity contribution in [1.82, 2.24) is 19.8 Å². The predicted molar refractivity (Wildman–Crippen MR) is 104 cm³/mol. The first kappa shape index (κ1) is 18.6. The average molecular weight is 374 g/mol. The minimum atomic E-state index is -0.117. The number of amides is 1. The van der Waals surface area contributed by atoms with E-state index in [1.165, 1.54) is 0 Å². The van der Waals surface area contributed by atoms with E-state index in [0.717, 1.165) is 38.3 Å². The van der Waals surface area contributed by atoms with E-state index in [0.29, 0.717) is 30.5 Å². The molecule has 3 fully saturated rings. The Morgan fingerprint density at radius 3 is 2.56 bits per heavy atom. The first-order valence-corrected chi connectivity index (χ1v) is 9.93. The topological polar surface area (TPSA) is 72.8 Å². The highest BCUT2D eigenvalue weighted by molar-refractivity contribution is 5.95. The zero-order valence-corrected chi connectivity index (χ0v) is 16.9. The van der Waals surface area contributed by atoms with Crippen molar-refractivity contribution >= 4 is 11.9 Å². The van der Waals surface area contributed by atoms with Gasteiger partial charge in [0, 0.05) is 50.9 Å². The molecule has 1 saturated carbocycles. The molecule has 1 aliphatic carbocycles. The Bertz CT molecular complexity index is 744. The Morgan fingerprint density at radius 2 is 2.00 bits per heavy atom. The quantitative estimate of drug-likeness (QED) is 0.853. The molecule has 7 nitrogen and oxygen atoms in total. The Labute approximate surface area is 161 Å². The number of nitrogens with zero attached hydrogens (tertiary/aromatic N) is 5. The SMILES string of the molecule is Cc1nc(N2CCN(C)CC2)ncc1C(=O)N1C[C@@H]2C(C)(C)C[C@]2(CO)C1. The number of piperazine rings is 1. The molecule has 2 aliphatic heterocycles. The van der Waals surface area contributed by atoms with Crippen molar-refractivity contribution in [2.24, 2.45) is 16.7 Å². The standard InChI is InChI=1S/C20H31N5O2/c1-14-15(9-21-18(22-14)24-7-5-23(4)6-8-24)17(27)25-10-16-19(2,3)11-20(16,12-25)13-26/h9,16,26H,5-8,10-13H2,1-4H3/t16-,20-/m1/s1. The number of carbonyl (C=O) groups excluding carboxylic acids is 1. The average Bonchev–Trinajstić information content (AvgIpc) is 2.97. The number of hydrogen-bond donors (Lipinski definition) is 1. The van der Waals surface area contributed by atoms with Crippen molar-refractivity contribution in [3.05, 3.63) is 17.5 Å². The van der Waals surface area contributed by atoms with Crippen LogP contribution in [0.1, 0.15) is 36.3 Å². The zero-order valence-electron chi connectivity index (χ0n) is 16.9. The smallest absolute Gasteiger partial charge is 0.257 e. The van der Waals surface area contributed by atoms with E-state index in [1.807, 2.05) is 11.8 Å². The Morgan fingerprint density at radius 1 is 1.30 bits per heavy atom. The van der Waals surface area contributed by atoms with Crippen LogP contribution in [0.2, 0.25) is 0 Å². The third-order valence-electron chi connectivity index (χ3n) is 6.98. The number of likely N-dealkylation sites (N-methyl/N-ethyl adjacent to an activating group) is 1. The maximum Gasteiger partial charge on any atom is 0.257 e. The number of fused-ring (bicyclic) bond motifs is 1. The van der Waals surface area contributed by atoms with Crippen LogP contribution < -0.4 is 4.90 Å². The fraction of sp³-hybridized carbons (Fsp3) is 0.750. The van der Waals surface area contributed by atoms with Crippen molar-refractivity contribution in [3.63, 3.8) is 0 Å². The fourth-order valence-electron chi connectivity index (χ4n) is 5.49. The lowest BCUT2D eigenvalue weighted by atomic mass is 9.48. The highest BCUT2D eigenvalue weighted by atomic mass is 16.3. The van der Waals surface area contributed by atoms with Gasteiger partial charge in [0.2, 0.25) is 5.95 Å². The first-order valence-electron chi connectivity index (χ1n) is 9.93. The largest absolute Gasteiger partial charge is 0.396 e. The minimum absolute atomic E-state index is 0.00421. The molecule has 7 heteroatoms. The van der Waals surface area contributed by atoms with Crippen LogP contribution in [-0.4, -0.2) is 83.7 Å². The van der Waals surface area contributed by atoms with E-state index in [1.54, 1.807) is 6.20 Å². The number of aromatic nitrogens is 2. The first-order chi connectivity index (χ1) is 12.8. The monoisotopic (exact) mass is 373 g/mol. The van der Waals surface area contributed by atoms with Gasteiger partial charge in [-0.1, -0.05) is 13.8 Å². The van der Waals surface area contributed by atoms with Crippen molar-refractivity contribution in [2.75, 3.05) is 57.8 Å². The van der Waals surface area contributed by atoms with Crippen LogP contribution >= 0.6 is 0 Å². The molecule has 148 valence electrons. The molecule has 0 unspecified atom stereocenters. The van der Waals surface area contributed by atoms with Gasteiger partial charge in [0.15, 0.2) is 0 Å². The summed E-state index contributed by atoms with van der Waals surface area (Å²) in [5.41, 5.74) is 1.39. The van der Waals surface area contributed by atoms with Crippen LogP contribution in [0.15, 0.2) is 6.20 Å². The molecule has 3 heterocycles. The number of rotatable bonds is 3. The third-order valence-corrected chi connectivity index (χ3v) is 6.98. The van der Waals surface area contributed by atoms with Gasteiger partial charge >= 0.3 is 0 Å². The molecule has 3 aliphatic rings. The Hall–Kier alpha value is -1.73. The van der Waals surface area contributed by atoms with Crippen LogP contribution in [0.25, 0.3) is 0 Å². The van der Waals surface area contributed by atoms with Gasteiger partial charge in [-0.05, 0) is 31.7 Å². The highest BCUT2D eigenvalue weighted by Crippen LogP contribution is 2.62. The Balaban J connectivity index is 1.50. The lowest BCUT2D eigenvalue weighted by molar-refractivity contribution is -0.0977. The van der Waals surface area contributed by atoms with Crippen LogP contribution in [0.5, 0.6) is 0 Å². The second kappa shape index (κ2) is 6.41. The number of likely N-dealkylation sites (tertiary alicyclic amines) is 1. The Kier molecular flexibility index (Phi) is 4.42. The maximum atomic E-state index is 13.1. The van der Waals surface area contributed by atoms with Gasteiger partial charge in [-0.15, -0.1) is 0 Å². The number of carbonyl (C=O) groups is 1. The molecule has 27 heavy (non-hydrogen) atoms. The van der Waals surface area contributed by atoms with E-state index in [-0.39, 0.29) is 23.3 Å². The summed E-state index contributed by atoms with van der Waals surface area (Å²) in [6, 6.07) is 0. The molecule has 1 aromatic heterocycles. The third kappa shape index (κ3) is 3.01. The minimum Gasteiger partial charge on any atom is -0.396 e. The number of aryl methyl sites for hydroxylation is 1. The number of aliphatic hydroxyl groups is 1. The van der Waals surface area contributed by atoms with E-state index < -0.39 is 0 Å². The summed E-state index contributed by atoms with van der Waals surface area (Å²) in [4.78, 5) is 28.6. The van der Waals surface area contributed by atoms with Gasteiger partial charge < -0.3 is 19.8 Å². The number of anilines is 1. The maximum absolute atomic E-state index is 13.1. The fourth-order valence-corrected chi connectivity index (χ4v) is 5.49. The second-order valence-electron chi connectivity index (χ2n) is 9.38. The normalized spacial score (nSPS) is 30.2. The van der Waals surface area contributed by atoms with Crippen LogP contribution in [0.3, 0.4) is 0 Å². The lowest BCUT2D eigenvalue weighted by Gasteiger charge is -2.55. The van der Waals surface area contributed by atoms with Gasteiger partial charge in [0.05, 0.1) is 17.9 Å². The molecule has 0 aromatic carbocycles. The number of aliphatic hydroxyl groups excluding tert-OH is 1. The van der Waals surface area contributed by atoms with E-state index in [2.05, 4.69) is 40.7 Å². The van der Waals surface area contributed by atoms with Gasteiger partial charge in [-0.2, -0.15) is 0 Å². The lowest BCUT2D eigenvalue weighted by Crippen LogP contribution is -2.54. The molecular weight excluding hydrogens is 342 g/mol. The number of hydrogen-bond acceptors (Lipinski definition) is 6. The zero-order chi connectivity index (χ0) is 19.4. The van der Waals surface area contributed by atoms with E-state index in [4.69, 9.17) is 0 Å². The molecule has 0 spiro atoms. The molecule has 4 rings (SSSR count). The molecule has 1 N–H and O–H groups in total. The molecule has 0 radical (unpaired) electrons. The van der Waals surface area contributed by atoms with Crippen molar-refractivity contribution in [3.8, 4) is 0 Å². The summed E-state index contributed by atoms with van der Waals surface area (Å²) in [5.74, 6) is 1.08. The summed E-state index contributed by atoms with van der Waals surface area (Å²) >= 11 is 0. The molecule has 1 aromatic rings. The van der Waals surface area contributed by atoms with Crippen molar-refractivity contribution in [1.29, 1.82) is 0 Å². The van der Waals surface area contributed by atoms with Gasteiger partial charge in [-0.3, -0.25) is 4.79 Å². The summed E-state index contributed by atoms with van der Waals surface area (Å²) in [6.07, 6.45) is 2.66. The summed E-state index contributed by atoms with van der Waals surface area (Å²) < 4.78 is 0. The second-order valence-corrected chi connectivity index (χ2v) is 9.38. The molecule has 2 atom stereocenters. The van der Waals surface area contributed by atoms with Crippen molar-refractivity contribution < 1.29 is 9.90 Å². The van der Waals surface area contributed by atoms with Gasteiger partial charge in [0.1, 0.15) is 0 Å². The molecule has 2 saturated heterocycles. The summed E-state index contributed by atoms with van der Waals surface area (Å²) in [6.45, 7) is 11.7. The molecule has 1 amide bonds. The highest BCUT2D eigenvalue weighted by Gasteiger charge is 2.63. The van der Waals surface area contributed by atoms with Gasteiger partial charge in [-0.25, -0.2) is 9.97 Å². The van der Waals surface area contributed by atoms with Crippen molar-refractivity contribution in [2.45, 2.75) is 27.2 Å². The summed E-state index contributed by atoms with van der Waals surface area (Å²) in [7, 11) is 2.12. The van der Waals surface area contributed by atoms with Crippen LogP contribution in [0.4, 0.5) is 5.95 Å². The van der Waals surface area contributed by atoms with E-state index in [9.17, 15) is 9.90 Å². The van der Waals surface area contributed by atoms with Crippen LogP contribution in [-0.2, 0) is 0 Å². The molecule has 0 bridgehead atoms. The summed E-state index contributed by atoms with van der Waals surface area (Å²) in [5, 5.41) is 9.93. The van der Waals surface area contributed by atoms with E-state index >= 15 is 0 Å².